The maximum absolute atomic E-state index is 9.78. The first-order chi connectivity index (χ1) is 7.84. The van der Waals surface area contributed by atoms with Crippen molar-refractivity contribution in [2.75, 3.05) is 19.8 Å². The Morgan fingerprint density at radius 1 is 1.12 bits per heavy atom. The highest BCUT2D eigenvalue weighted by atomic mass is 16.7. The molecule has 2 aliphatic heterocycles. The van der Waals surface area contributed by atoms with Gasteiger partial charge in [0.1, 0.15) is 0 Å². The van der Waals surface area contributed by atoms with E-state index in [1.807, 2.05) is 0 Å². The minimum Gasteiger partial charge on any atom is -0.393 e. The lowest BCUT2D eigenvalue weighted by atomic mass is 10.0. The molecule has 1 N–H and O–H groups in total. The molecule has 0 saturated carbocycles. The monoisotopic (exact) mass is 230 g/mol. The molecule has 2 saturated heterocycles. The number of hydrogen-bond donors (Lipinski definition) is 1. The van der Waals surface area contributed by atoms with Crippen molar-refractivity contribution < 1.29 is 19.3 Å². The summed E-state index contributed by atoms with van der Waals surface area (Å²) in [6, 6.07) is 0. The molecule has 0 spiro atoms. The van der Waals surface area contributed by atoms with Gasteiger partial charge in [0.15, 0.2) is 6.29 Å². The van der Waals surface area contributed by atoms with Crippen molar-refractivity contribution >= 4 is 0 Å². The van der Waals surface area contributed by atoms with Gasteiger partial charge in [-0.1, -0.05) is 0 Å². The lowest BCUT2D eigenvalue weighted by molar-refractivity contribution is -0.0715. The van der Waals surface area contributed by atoms with E-state index in [0.717, 1.165) is 25.9 Å². The van der Waals surface area contributed by atoms with E-state index in [2.05, 4.69) is 0 Å². The number of aliphatic hydroxyl groups is 1. The van der Waals surface area contributed by atoms with Crippen LogP contribution < -0.4 is 0 Å². The fourth-order valence-corrected chi connectivity index (χ4v) is 2.34. The minimum absolute atomic E-state index is 0.183. The summed E-state index contributed by atoms with van der Waals surface area (Å²) < 4.78 is 16.1. The number of hydrogen-bond acceptors (Lipinski definition) is 4. The minimum atomic E-state index is -0.301. The number of ether oxygens (including phenoxy) is 3. The zero-order valence-electron chi connectivity index (χ0n) is 9.77. The summed E-state index contributed by atoms with van der Waals surface area (Å²) in [6.45, 7) is 2.23. The van der Waals surface area contributed by atoms with E-state index in [1.165, 1.54) is 12.8 Å². The second kappa shape index (κ2) is 6.55. The highest BCUT2D eigenvalue weighted by Crippen LogP contribution is 2.19. The molecule has 0 aliphatic carbocycles. The third-order valence-corrected chi connectivity index (χ3v) is 3.24. The van der Waals surface area contributed by atoms with Crippen molar-refractivity contribution in [3.05, 3.63) is 0 Å². The summed E-state index contributed by atoms with van der Waals surface area (Å²) in [4.78, 5) is 0. The van der Waals surface area contributed by atoms with Crippen molar-refractivity contribution in [1.82, 2.24) is 0 Å². The molecular weight excluding hydrogens is 208 g/mol. The van der Waals surface area contributed by atoms with E-state index >= 15 is 0 Å². The zero-order valence-corrected chi connectivity index (χ0v) is 9.77. The molecule has 2 rings (SSSR count). The van der Waals surface area contributed by atoms with E-state index in [4.69, 9.17) is 14.2 Å². The van der Waals surface area contributed by atoms with Gasteiger partial charge in [0, 0.05) is 13.0 Å². The smallest absolute Gasteiger partial charge is 0.160 e. The molecule has 0 radical (unpaired) electrons. The third kappa shape index (κ3) is 4.01. The van der Waals surface area contributed by atoms with Crippen LogP contribution in [0.3, 0.4) is 0 Å². The van der Waals surface area contributed by atoms with E-state index in [1.54, 1.807) is 0 Å². The first kappa shape index (κ1) is 12.3. The molecule has 94 valence electrons. The first-order valence-electron chi connectivity index (χ1n) is 6.37. The van der Waals surface area contributed by atoms with Crippen LogP contribution in [0, 0.1) is 0 Å². The van der Waals surface area contributed by atoms with Crippen LogP contribution in [0.1, 0.15) is 38.5 Å². The lowest BCUT2D eigenvalue weighted by Gasteiger charge is -2.15. The second-order valence-corrected chi connectivity index (χ2v) is 4.63. The molecular formula is C12H22O4. The number of rotatable bonds is 6. The van der Waals surface area contributed by atoms with E-state index < -0.39 is 0 Å². The van der Waals surface area contributed by atoms with Crippen LogP contribution in [-0.2, 0) is 14.2 Å². The molecule has 2 unspecified atom stereocenters. The second-order valence-electron chi connectivity index (χ2n) is 4.63. The van der Waals surface area contributed by atoms with Crippen LogP contribution >= 0.6 is 0 Å². The highest BCUT2D eigenvalue weighted by Gasteiger charge is 2.20. The zero-order chi connectivity index (χ0) is 11.2. The summed E-state index contributed by atoms with van der Waals surface area (Å²) in [6.07, 6.45) is 5.85. The Labute approximate surface area is 96.9 Å². The van der Waals surface area contributed by atoms with Crippen molar-refractivity contribution in [1.29, 1.82) is 0 Å². The maximum Gasteiger partial charge on any atom is 0.160 e. The standard InChI is InChI=1S/C12H22O4/c13-10(9-12-15-7-8-16-12)3-1-4-11-5-2-6-14-11/h10-13H,1-9H2. The summed E-state index contributed by atoms with van der Waals surface area (Å²) in [5.41, 5.74) is 0. The normalized spacial score (nSPS) is 28.7. The molecule has 0 bridgehead atoms. The van der Waals surface area contributed by atoms with Crippen LogP contribution in [0.15, 0.2) is 0 Å². The topological polar surface area (TPSA) is 47.9 Å². The summed E-state index contributed by atoms with van der Waals surface area (Å²) >= 11 is 0. The van der Waals surface area contributed by atoms with Gasteiger partial charge in [-0.25, -0.2) is 0 Å². The third-order valence-electron chi connectivity index (χ3n) is 3.24. The van der Waals surface area contributed by atoms with Gasteiger partial charge in [-0.2, -0.15) is 0 Å². The molecule has 4 nitrogen and oxygen atoms in total. The average molecular weight is 230 g/mol. The fourth-order valence-electron chi connectivity index (χ4n) is 2.34. The van der Waals surface area contributed by atoms with Gasteiger partial charge in [0.25, 0.3) is 0 Å². The Kier molecular flexibility index (Phi) is 5.03. The Hall–Kier alpha value is -0.160. The van der Waals surface area contributed by atoms with Crippen LogP contribution in [-0.4, -0.2) is 43.4 Å². The molecule has 2 heterocycles. The van der Waals surface area contributed by atoms with Gasteiger partial charge in [-0.05, 0) is 32.1 Å². The van der Waals surface area contributed by atoms with E-state index in [9.17, 15) is 5.11 Å². The average Bonchev–Trinajstić information content (AvgIpc) is 2.90. The summed E-state index contributed by atoms with van der Waals surface area (Å²) in [7, 11) is 0. The molecule has 0 aromatic carbocycles. The largest absolute Gasteiger partial charge is 0.393 e. The molecule has 2 atom stereocenters. The van der Waals surface area contributed by atoms with Crippen molar-refractivity contribution in [3.63, 3.8) is 0 Å². The van der Waals surface area contributed by atoms with Crippen molar-refractivity contribution in [2.45, 2.75) is 57.0 Å². The quantitative estimate of drug-likeness (QED) is 0.750. The Morgan fingerprint density at radius 2 is 1.94 bits per heavy atom. The summed E-state index contributed by atoms with van der Waals surface area (Å²) in [5, 5.41) is 9.78. The van der Waals surface area contributed by atoms with Gasteiger partial charge in [-0.3, -0.25) is 0 Å². The van der Waals surface area contributed by atoms with E-state index in [-0.39, 0.29) is 12.4 Å². The van der Waals surface area contributed by atoms with Gasteiger partial charge >= 0.3 is 0 Å². The van der Waals surface area contributed by atoms with Gasteiger partial charge in [0.2, 0.25) is 0 Å². The van der Waals surface area contributed by atoms with Crippen LogP contribution in [0.4, 0.5) is 0 Å². The van der Waals surface area contributed by atoms with Crippen LogP contribution in [0.5, 0.6) is 0 Å². The predicted molar refractivity (Wildman–Crippen MR) is 59.1 cm³/mol. The van der Waals surface area contributed by atoms with Crippen LogP contribution in [0.2, 0.25) is 0 Å². The van der Waals surface area contributed by atoms with Gasteiger partial charge < -0.3 is 19.3 Å². The fraction of sp³-hybridized carbons (Fsp3) is 1.00. The Balaban J connectivity index is 1.51. The number of aliphatic hydroxyl groups excluding tert-OH is 1. The first-order valence-corrected chi connectivity index (χ1v) is 6.37. The maximum atomic E-state index is 9.78. The molecule has 4 heteroatoms. The van der Waals surface area contributed by atoms with Crippen LogP contribution in [0.25, 0.3) is 0 Å². The van der Waals surface area contributed by atoms with Crippen molar-refractivity contribution in [2.24, 2.45) is 0 Å². The van der Waals surface area contributed by atoms with E-state index in [0.29, 0.717) is 25.7 Å². The Bertz CT molecular complexity index is 185. The molecule has 0 aromatic heterocycles. The molecule has 0 aromatic rings. The van der Waals surface area contributed by atoms with Gasteiger partial charge in [-0.15, -0.1) is 0 Å². The van der Waals surface area contributed by atoms with Crippen molar-refractivity contribution in [3.8, 4) is 0 Å². The summed E-state index contributed by atoms with van der Waals surface area (Å²) in [5.74, 6) is 0. The highest BCUT2D eigenvalue weighted by molar-refractivity contribution is 4.67. The molecule has 0 amide bonds. The Morgan fingerprint density at radius 3 is 2.62 bits per heavy atom. The molecule has 2 fully saturated rings. The predicted octanol–water partition coefficient (Wildman–Crippen LogP) is 1.46. The SMILES string of the molecule is OC(CCCC1CCCO1)CC1OCCO1. The van der Waals surface area contributed by atoms with Gasteiger partial charge in [0.05, 0.1) is 25.4 Å². The lowest BCUT2D eigenvalue weighted by Crippen LogP contribution is -2.19. The molecule has 16 heavy (non-hydrogen) atoms. The molecule has 2 aliphatic rings.